The number of hydrogen-bond acceptors (Lipinski definition) is 8. The van der Waals surface area contributed by atoms with Crippen LogP contribution in [0.4, 0.5) is 10.9 Å². The molecule has 0 amide bonds. The van der Waals surface area contributed by atoms with Gasteiger partial charge in [-0.1, -0.05) is 47.4 Å². The second-order valence-electron chi connectivity index (χ2n) is 6.15. The maximum atomic E-state index is 4.68. The van der Waals surface area contributed by atoms with Gasteiger partial charge in [-0.15, -0.1) is 11.3 Å². The van der Waals surface area contributed by atoms with Crippen molar-refractivity contribution in [1.29, 1.82) is 0 Å². The molecule has 28 heavy (non-hydrogen) atoms. The van der Waals surface area contributed by atoms with Gasteiger partial charge in [-0.2, -0.15) is 0 Å². The lowest BCUT2D eigenvalue weighted by atomic mass is 10.3. The van der Waals surface area contributed by atoms with Gasteiger partial charge in [0, 0.05) is 11.8 Å². The van der Waals surface area contributed by atoms with Gasteiger partial charge in [-0.3, -0.25) is 0 Å². The topological polar surface area (TPSA) is 63.6 Å². The summed E-state index contributed by atoms with van der Waals surface area (Å²) >= 11 is 4.94. The van der Waals surface area contributed by atoms with Crippen LogP contribution in [0.3, 0.4) is 0 Å². The molecule has 3 aromatic heterocycles. The van der Waals surface area contributed by atoms with Crippen molar-refractivity contribution in [3.05, 3.63) is 65.3 Å². The molecule has 2 aromatic carbocycles. The molecule has 5 nitrogen and oxygen atoms in total. The minimum atomic E-state index is 0.739. The van der Waals surface area contributed by atoms with Crippen LogP contribution >= 0.6 is 34.4 Å². The van der Waals surface area contributed by atoms with Gasteiger partial charge in [0.05, 0.1) is 26.2 Å². The molecule has 0 radical (unpaired) electrons. The van der Waals surface area contributed by atoms with Crippen molar-refractivity contribution < 1.29 is 0 Å². The zero-order chi connectivity index (χ0) is 18.9. The van der Waals surface area contributed by atoms with Gasteiger partial charge < -0.3 is 5.32 Å². The predicted molar refractivity (Wildman–Crippen MR) is 119 cm³/mol. The monoisotopic (exact) mass is 421 g/mol. The number of nitrogens with one attached hydrogen (secondary N) is 1. The summed E-state index contributed by atoms with van der Waals surface area (Å²) in [5.41, 5.74) is 2.96. The van der Waals surface area contributed by atoms with E-state index in [1.54, 1.807) is 34.4 Å². The molecule has 0 aliphatic heterocycles. The molecular formula is C20H15N5S3. The molecule has 1 N–H and O–H groups in total. The Morgan fingerprint density at radius 2 is 1.57 bits per heavy atom. The third-order valence-corrected chi connectivity index (χ3v) is 7.05. The lowest BCUT2D eigenvalue weighted by Crippen LogP contribution is -1.98. The predicted octanol–water partition coefficient (Wildman–Crippen LogP) is 6.04. The lowest BCUT2D eigenvalue weighted by molar-refractivity contribution is 0.936. The maximum Gasteiger partial charge on any atom is 0.190 e. The Balaban J connectivity index is 1.34. The molecule has 0 saturated heterocycles. The first-order valence-corrected chi connectivity index (χ1v) is 11.3. The minimum Gasteiger partial charge on any atom is -0.316 e. The standard InChI is InChI=1S/C20H15N5S3/c1-12-10-17(25-20-23-14-7-3-5-9-16(14)28-20)24-19(21-12)26-11-18-22-13-6-2-4-8-15(13)27-18/h2-10H,11H2,1H3,(H,21,23,24,25). The third-order valence-electron chi connectivity index (χ3n) is 4.03. The van der Waals surface area contributed by atoms with Gasteiger partial charge >= 0.3 is 0 Å². The Kier molecular flexibility index (Phi) is 4.67. The van der Waals surface area contributed by atoms with Crippen molar-refractivity contribution in [2.75, 3.05) is 5.32 Å². The van der Waals surface area contributed by atoms with Gasteiger partial charge in [0.2, 0.25) is 0 Å². The van der Waals surface area contributed by atoms with E-state index >= 15 is 0 Å². The van der Waals surface area contributed by atoms with Crippen molar-refractivity contribution in [1.82, 2.24) is 19.9 Å². The van der Waals surface area contributed by atoms with Crippen LogP contribution in [0.25, 0.3) is 20.4 Å². The number of aryl methyl sites for hydroxylation is 1. The first kappa shape index (κ1) is 17.5. The highest BCUT2D eigenvalue weighted by Crippen LogP contribution is 2.30. The molecule has 0 atom stereocenters. The van der Waals surface area contributed by atoms with E-state index in [-0.39, 0.29) is 0 Å². The molecule has 5 rings (SSSR count). The average Bonchev–Trinajstić information content (AvgIpc) is 3.28. The zero-order valence-electron chi connectivity index (χ0n) is 14.9. The van der Waals surface area contributed by atoms with E-state index in [2.05, 4.69) is 37.4 Å². The van der Waals surface area contributed by atoms with E-state index in [0.29, 0.717) is 0 Å². The highest BCUT2D eigenvalue weighted by atomic mass is 32.2. The van der Waals surface area contributed by atoms with E-state index in [4.69, 9.17) is 0 Å². The van der Waals surface area contributed by atoms with E-state index in [1.165, 1.54) is 4.70 Å². The van der Waals surface area contributed by atoms with Crippen LogP contribution in [0.15, 0.2) is 59.8 Å². The Labute approximate surface area is 173 Å². The number of anilines is 2. The highest BCUT2D eigenvalue weighted by molar-refractivity contribution is 7.98. The molecule has 0 aliphatic rings. The molecule has 0 unspecified atom stereocenters. The quantitative estimate of drug-likeness (QED) is 0.276. The molecule has 0 aliphatic carbocycles. The van der Waals surface area contributed by atoms with Crippen LogP contribution in [0.1, 0.15) is 10.7 Å². The highest BCUT2D eigenvalue weighted by Gasteiger charge is 2.09. The number of aromatic nitrogens is 4. The Morgan fingerprint density at radius 1 is 0.857 bits per heavy atom. The second-order valence-corrected chi connectivity index (χ2v) is 9.24. The third kappa shape index (κ3) is 3.71. The van der Waals surface area contributed by atoms with E-state index in [9.17, 15) is 0 Å². The van der Waals surface area contributed by atoms with Gasteiger partial charge in [0.15, 0.2) is 10.3 Å². The van der Waals surface area contributed by atoms with Crippen molar-refractivity contribution in [2.24, 2.45) is 0 Å². The van der Waals surface area contributed by atoms with E-state index < -0.39 is 0 Å². The van der Waals surface area contributed by atoms with Crippen molar-refractivity contribution in [3.63, 3.8) is 0 Å². The smallest absolute Gasteiger partial charge is 0.190 e. The maximum absolute atomic E-state index is 4.68. The summed E-state index contributed by atoms with van der Waals surface area (Å²) in [5.74, 6) is 1.52. The summed E-state index contributed by atoms with van der Waals surface area (Å²) in [6.07, 6.45) is 0. The molecule has 0 spiro atoms. The lowest BCUT2D eigenvalue weighted by Gasteiger charge is -2.05. The number of thioether (sulfide) groups is 1. The summed E-state index contributed by atoms with van der Waals surface area (Å²) in [5, 5.41) is 5.98. The summed E-state index contributed by atoms with van der Waals surface area (Å²) in [4.78, 5) is 18.5. The molecule has 138 valence electrons. The number of hydrogen-bond donors (Lipinski definition) is 1. The summed E-state index contributed by atoms with van der Waals surface area (Å²) < 4.78 is 2.36. The first-order valence-electron chi connectivity index (χ1n) is 8.68. The van der Waals surface area contributed by atoms with Crippen LogP contribution < -0.4 is 5.32 Å². The fourth-order valence-corrected chi connectivity index (χ4v) is 5.55. The average molecular weight is 422 g/mol. The largest absolute Gasteiger partial charge is 0.316 e. The zero-order valence-corrected chi connectivity index (χ0v) is 17.4. The van der Waals surface area contributed by atoms with Crippen LogP contribution in [-0.4, -0.2) is 19.9 Å². The normalized spacial score (nSPS) is 11.3. The van der Waals surface area contributed by atoms with Crippen molar-refractivity contribution in [2.45, 2.75) is 17.8 Å². The van der Waals surface area contributed by atoms with Gasteiger partial charge in [-0.25, -0.2) is 19.9 Å². The molecule has 3 heterocycles. The van der Waals surface area contributed by atoms with Crippen molar-refractivity contribution >= 4 is 65.8 Å². The summed E-state index contributed by atoms with van der Waals surface area (Å²) in [6, 6.07) is 18.3. The number of nitrogens with zero attached hydrogens (tertiary/aromatic N) is 4. The van der Waals surface area contributed by atoms with Crippen LogP contribution in [-0.2, 0) is 5.75 Å². The van der Waals surface area contributed by atoms with Crippen molar-refractivity contribution in [3.8, 4) is 0 Å². The molecule has 0 bridgehead atoms. The Morgan fingerprint density at radius 3 is 2.32 bits per heavy atom. The fraction of sp³-hybridized carbons (Fsp3) is 0.100. The molecular weight excluding hydrogens is 406 g/mol. The fourth-order valence-electron chi connectivity index (χ4n) is 2.81. The molecule has 0 fully saturated rings. The molecule has 8 heteroatoms. The second kappa shape index (κ2) is 7.46. The number of benzene rings is 2. The number of thiazole rings is 2. The molecule has 0 saturated carbocycles. The summed E-state index contributed by atoms with van der Waals surface area (Å²) in [7, 11) is 0. The summed E-state index contributed by atoms with van der Waals surface area (Å²) in [6.45, 7) is 1.98. The number of para-hydroxylation sites is 2. The van der Waals surface area contributed by atoms with Crippen LogP contribution in [0.2, 0.25) is 0 Å². The van der Waals surface area contributed by atoms with Gasteiger partial charge in [0.25, 0.3) is 0 Å². The van der Waals surface area contributed by atoms with E-state index in [0.717, 1.165) is 48.3 Å². The van der Waals surface area contributed by atoms with Gasteiger partial charge in [0.1, 0.15) is 10.8 Å². The minimum absolute atomic E-state index is 0.739. The SMILES string of the molecule is Cc1cc(Nc2nc3ccccc3s2)nc(SCc2nc3ccccc3s2)n1. The number of rotatable bonds is 5. The Bertz CT molecular complexity index is 1210. The van der Waals surface area contributed by atoms with Crippen LogP contribution in [0.5, 0.6) is 0 Å². The first-order chi connectivity index (χ1) is 13.7. The number of fused-ring (bicyclic) bond motifs is 2. The van der Waals surface area contributed by atoms with Crippen LogP contribution in [0, 0.1) is 6.92 Å². The Hall–Kier alpha value is -2.55. The van der Waals surface area contributed by atoms with E-state index in [1.807, 2.05) is 49.4 Å². The molecule has 5 aromatic rings. The van der Waals surface area contributed by atoms with Gasteiger partial charge in [-0.05, 0) is 31.2 Å².